The molecule has 0 aliphatic rings. The van der Waals surface area contributed by atoms with Gasteiger partial charge in [-0.2, -0.15) is 4.98 Å². The summed E-state index contributed by atoms with van der Waals surface area (Å²) in [5, 5.41) is 6.86. The Morgan fingerprint density at radius 1 is 1.08 bits per heavy atom. The summed E-state index contributed by atoms with van der Waals surface area (Å²) >= 11 is 0. The molecule has 3 rings (SSSR count). The molecule has 0 radical (unpaired) electrons. The second-order valence-electron chi connectivity index (χ2n) is 5.80. The topological polar surface area (TPSA) is 68.0 Å². The van der Waals surface area contributed by atoms with Gasteiger partial charge in [0, 0.05) is 24.1 Å². The predicted octanol–water partition coefficient (Wildman–Crippen LogP) is 3.92. The first-order chi connectivity index (χ1) is 11.6. The van der Waals surface area contributed by atoms with Crippen LogP contribution in [0.4, 0.5) is 5.69 Å². The fourth-order valence-electron chi connectivity index (χ4n) is 2.55. The second kappa shape index (κ2) is 7.08. The average Bonchev–Trinajstić information content (AvgIpc) is 3.02. The summed E-state index contributed by atoms with van der Waals surface area (Å²) in [6, 6.07) is 15.6. The molecule has 5 heteroatoms. The van der Waals surface area contributed by atoms with Crippen LogP contribution < -0.4 is 5.32 Å². The number of aryl methyl sites for hydroxylation is 3. The number of hydrogen-bond donors (Lipinski definition) is 1. The second-order valence-corrected chi connectivity index (χ2v) is 5.80. The maximum absolute atomic E-state index is 12.1. The highest BCUT2D eigenvalue weighted by atomic mass is 16.5. The van der Waals surface area contributed by atoms with E-state index < -0.39 is 0 Å². The minimum absolute atomic E-state index is 0.0699. The fraction of sp³-hybridized carbons (Fsp3) is 0.211. The molecule has 0 unspecified atom stereocenters. The lowest BCUT2D eigenvalue weighted by Crippen LogP contribution is -2.12. The zero-order chi connectivity index (χ0) is 16.9. The normalized spacial score (nSPS) is 10.6. The molecule has 0 bridgehead atoms. The van der Waals surface area contributed by atoms with Gasteiger partial charge >= 0.3 is 0 Å². The molecule has 0 aliphatic carbocycles. The maximum Gasteiger partial charge on any atom is 0.227 e. The molecule has 3 aromatic rings. The third-order valence-corrected chi connectivity index (χ3v) is 3.57. The van der Waals surface area contributed by atoms with E-state index in [4.69, 9.17) is 4.52 Å². The van der Waals surface area contributed by atoms with Crippen molar-refractivity contribution < 1.29 is 9.32 Å². The van der Waals surface area contributed by atoms with E-state index >= 15 is 0 Å². The Labute approximate surface area is 140 Å². The zero-order valence-corrected chi connectivity index (χ0v) is 13.7. The Balaban J connectivity index is 1.58. The summed E-state index contributed by atoms with van der Waals surface area (Å²) in [7, 11) is 0. The Hall–Kier alpha value is -2.95. The number of hydrogen-bond acceptors (Lipinski definition) is 4. The van der Waals surface area contributed by atoms with Crippen LogP contribution in [0.1, 0.15) is 23.4 Å². The number of nitrogens with zero attached hydrogens (tertiary/aromatic N) is 2. The molecule has 122 valence electrons. The van der Waals surface area contributed by atoms with Gasteiger partial charge in [-0.15, -0.1) is 0 Å². The molecule has 1 amide bonds. The van der Waals surface area contributed by atoms with Crippen LogP contribution in [-0.4, -0.2) is 16.0 Å². The van der Waals surface area contributed by atoms with Crippen molar-refractivity contribution in [3.8, 4) is 11.4 Å². The highest BCUT2D eigenvalue weighted by Crippen LogP contribution is 2.16. The van der Waals surface area contributed by atoms with Gasteiger partial charge in [-0.25, -0.2) is 0 Å². The van der Waals surface area contributed by atoms with Gasteiger partial charge in [0.2, 0.25) is 17.6 Å². The first-order valence-electron chi connectivity index (χ1n) is 7.86. The molecule has 2 aromatic carbocycles. The molecule has 0 spiro atoms. The first kappa shape index (κ1) is 15.9. The quantitative estimate of drug-likeness (QED) is 0.773. The SMILES string of the molecule is Cc1cc(C)cc(NC(=O)CCc2nc(-c3ccccc3)no2)c1. The van der Waals surface area contributed by atoms with E-state index in [0.29, 0.717) is 24.6 Å². The minimum atomic E-state index is -0.0699. The molecular formula is C19H19N3O2. The zero-order valence-electron chi connectivity index (χ0n) is 13.7. The summed E-state index contributed by atoms with van der Waals surface area (Å²) < 4.78 is 5.22. The standard InChI is InChI=1S/C19H19N3O2/c1-13-10-14(2)12-16(11-13)20-17(23)8-9-18-21-19(22-24-18)15-6-4-3-5-7-15/h3-7,10-12H,8-9H2,1-2H3,(H,20,23). The van der Waals surface area contributed by atoms with Gasteiger partial charge in [0.05, 0.1) is 0 Å². The van der Waals surface area contributed by atoms with Gasteiger partial charge in [-0.05, 0) is 37.1 Å². The molecule has 1 heterocycles. The lowest BCUT2D eigenvalue weighted by molar-refractivity contribution is -0.116. The molecule has 1 aromatic heterocycles. The minimum Gasteiger partial charge on any atom is -0.339 e. The van der Waals surface area contributed by atoms with Gasteiger partial charge in [0.15, 0.2) is 0 Å². The van der Waals surface area contributed by atoms with Crippen molar-refractivity contribution in [1.82, 2.24) is 10.1 Å². The summed E-state index contributed by atoms with van der Waals surface area (Å²) in [6.07, 6.45) is 0.708. The molecule has 0 saturated carbocycles. The molecule has 0 fully saturated rings. The molecular weight excluding hydrogens is 302 g/mol. The Kier molecular flexibility index (Phi) is 4.70. The fourth-order valence-corrected chi connectivity index (χ4v) is 2.55. The van der Waals surface area contributed by atoms with E-state index in [1.165, 1.54) is 0 Å². The van der Waals surface area contributed by atoms with Crippen LogP contribution in [0.3, 0.4) is 0 Å². The average molecular weight is 321 g/mol. The number of carbonyl (C=O) groups excluding carboxylic acids is 1. The summed E-state index contributed by atoms with van der Waals surface area (Å²) in [4.78, 5) is 16.4. The van der Waals surface area contributed by atoms with Crippen LogP contribution >= 0.6 is 0 Å². The number of benzene rings is 2. The monoisotopic (exact) mass is 321 g/mol. The largest absolute Gasteiger partial charge is 0.339 e. The molecule has 0 saturated heterocycles. The van der Waals surface area contributed by atoms with Gasteiger partial charge in [-0.1, -0.05) is 41.6 Å². The van der Waals surface area contributed by atoms with Crippen molar-refractivity contribution in [3.05, 3.63) is 65.5 Å². The summed E-state index contributed by atoms with van der Waals surface area (Å²) in [5.41, 5.74) is 3.95. The van der Waals surface area contributed by atoms with Crippen molar-refractivity contribution in [1.29, 1.82) is 0 Å². The van der Waals surface area contributed by atoms with Crippen molar-refractivity contribution in [2.45, 2.75) is 26.7 Å². The maximum atomic E-state index is 12.1. The van der Waals surface area contributed by atoms with Crippen LogP contribution in [0, 0.1) is 13.8 Å². The Bertz CT molecular complexity index is 821. The molecule has 5 nitrogen and oxygen atoms in total. The third-order valence-electron chi connectivity index (χ3n) is 3.57. The van der Waals surface area contributed by atoms with Crippen LogP contribution in [0.15, 0.2) is 53.1 Å². The third kappa shape index (κ3) is 4.07. The van der Waals surface area contributed by atoms with Gasteiger partial charge < -0.3 is 9.84 Å². The number of rotatable bonds is 5. The number of carbonyl (C=O) groups is 1. The van der Waals surface area contributed by atoms with Crippen LogP contribution in [0.2, 0.25) is 0 Å². The number of amides is 1. The summed E-state index contributed by atoms with van der Waals surface area (Å²) in [6.45, 7) is 4.01. The Morgan fingerprint density at radius 2 is 1.79 bits per heavy atom. The van der Waals surface area contributed by atoms with Crippen LogP contribution in [0.25, 0.3) is 11.4 Å². The van der Waals surface area contributed by atoms with E-state index in [2.05, 4.69) is 21.5 Å². The lowest BCUT2D eigenvalue weighted by Gasteiger charge is -2.06. The van der Waals surface area contributed by atoms with Gasteiger partial charge in [0.1, 0.15) is 0 Å². The van der Waals surface area contributed by atoms with Crippen molar-refractivity contribution in [3.63, 3.8) is 0 Å². The number of aromatic nitrogens is 2. The summed E-state index contributed by atoms with van der Waals surface area (Å²) in [5.74, 6) is 0.934. The predicted molar refractivity (Wildman–Crippen MR) is 92.6 cm³/mol. The Morgan fingerprint density at radius 3 is 2.50 bits per heavy atom. The van der Waals surface area contributed by atoms with E-state index in [-0.39, 0.29) is 5.91 Å². The van der Waals surface area contributed by atoms with E-state index in [9.17, 15) is 4.79 Å². The van der Waals surface area contributed by atoms with Crippen LogP contribution in [0.5, 0.6) is 0 Å². The van der Waals surface area contributed by atoms with Crippen molar-refractivity contribution in [2.24, 2.45) is 0 Å². The highest BCUT2D eigenvalue weighted by Gasteiger charge is 2.11. The van der Waals surface area contributed by atoms with E-state index in [1.54, 1.807) is 0 Å². The van der Waals surface area contributed by atoms with E-state index in [0.717, 1.165) is 22.4 Å². The molecule has 0 aliphatic heterocycles. The smallest absolute Gasteiger partial charge is 0.227 e. The number of anilines is 1. The lowest BCUT2D eigenvalue weighted by atomic mass is 10.1. The van der Waals surface area contributed by atoms with E-state index in [1.807, 2.05) is 56.3 Å². The van der Waals surface area contributed by atoms with Gasteiger partial charge in [0.25, 0.3) is 0 Å². The van der Waals surface area contributed by atoms with Crippen molar-refractivity contribution >= 4 is 11.6 Å². The van der Waals surface area contributed by atoms with Crippen LogP contribution in [-0.2, 0) is 11.2 Å². The molecule has 0 atom stereocenters. The first-order valence-corrected chi connectivity index (χ1v) is 7.86. The highest BCUT2D eigenvalue weighted by molar-refractivity contribution is 5.90. The number of nitrogens with one attached hydrogen (secondary N) is 1. The molecule has 24 heavy (non-hydrogen) atoms. The van der Waals surface area contributed by atoms with Crippen molar-refractivity contribution in [2.75, 3.05) is 5.32 Å². The molecule has 1 N–H and O–H groups in total. The van der Waals surface area contributed by atoms with Gasteiger partial charge in [-0.3, -0.25) is 4.79 Å².